The molecule has 5 heteroatoms. The third kappa shape index (κ3) is 3.35. The molecule has 0 spiro atoms. The molecule has 0 aromatic carbocycles. The van der Waals surface area contributed by atoms with E-state index in [4.69, 9.17) is 0 Å². The number of hydrogen-bond acceptors (Lipinski definition) is 3. The zero-order chi connectivity index (χ0) is 14.8. The molecule has 21 heavy (non-hydrogen) atoms. The van der Waals surface area contributed by atoms with Gasteiger partial charge in [-0.05, 0) is 43.9 Å². The molecule has 1 aromatic heterocycles. The van der Waals surface area contributed by atoms with Gasteiger partial charge in [-0.15, -0.1) is 11.3 Å². The minimum atomic E-state index is 0.0800. The molecule has 1 N–H and O–H groups in total. The van der Waals surface area contributed by atoms with E-state index in [9.17, 15) is 9.59 Å². The van der Waals surface area contributed by atoms with Crippen LogP contribution in [0.4, 0.5) is 0 Å². The molecule has 2 atom stereocenters. The summed E-state index contributed by atoms with van der Waals surface area (Å²) >= 11 is 1.69. The van der Waals surface area contributed by atoms with Crippen molar-refractivity contribution < 1.29 is 9.59 Å². The van der Waals surface area contributed by atoms with Crippen molar-refractivity contribution in [1.82, 2.24) is 10.2 Å². The Morgan fingerprint density at radius 2 is 2.29 bits per heavy atom. The monoisotopic (exact) mass is 304 g/mol. The highest BCUT2D eigenvalue weighted by atomic mass is 32.1. The summed E-state index contributed by atoms with van der Waals surface area (Å²) < 4.78 is 0. The Hall–Kier alpha value is -1.62. The third-order valence-electron chi connectivity index (χ3n) is 4.29. The summed E-state index contributed by atoms with van der Waals surface area (Å²) in [4.78, 5) is 27.9. The van der Waals surface area contributed by atoms with Crippen LogP contribution in [0.3, 0.4) is 0 Å². The standard InChI is InChI=1S/C16H20N2O2S/c1-11-2-4-13(21-11)5-7-16(20)18-9-8-14-12(10-18)3-6-15(19)17-14/h2,4-5,7,12,14H,3,6,8-10H2,1H3,(H,17,19)/b7-5+. The van der Waals surface area contributed by atoms with Crippen LogP contribution < -0.4 is 5.32 Å². The minimum absolute atomic E-state index is 0.0800. The van der Waals surface area contributed by atoms with Crippen LogP contribution in [0, 0.1) is 12.8 Å². The SMILES string of the molecule is Cc1ccc(/C=C/C(=O)N2CCC3NC(=O)CCC3C2)s1. The molecule has 3 rings (SSSR count). The molecule has 112 valence electrons. The van der Waals surface area contributed by atoms with Crippen LogP contribution in [0.15, 0.2) is 18.2 Å². The molecule has 2 fully saturated rings. The molecule has 2 amide bonds. The van der Waals surface area contributed by atoms with Gasteiger partial charge in [0.05, 0.1) is 0 Å². The minimum Gasteiger partial charge on any atom is -0.353 e. The Labute approximate surface area is 128 Å². The summed E-state index contributed by atoms with van der Waals surface area (Å²) in [5.74, 6) is 0.651. The van der Waals surface area contributed by atoms with Gasteiger partial charge in [-0.1, -0.05) is 0 Å². The maximum absolute atomic E-state index is 12.3. The van der Waals surface area contributed by atoms with Crippen molar-refractivity contribution in [3.63, 3.8) is 0 Å². The molecule has 0 bridgehead atoms. The number of carbonyl (C=O) groups is 2. The molecule has 0 radical (unpaired) electrons. The summed E-state index contributed by atoms with van der Waals surface area (Å²) in [7, 11) is 0. The van der Waals surface area contributed by atoms with Crippen molar-refractivity contribution in [2.24, 2.45) is 5.92 Å². The van der Waals surface area contributed by atoms with Gasteiger partial charge in [0.25, 0.3) is 0 Å². The van der Waals surface area contributed by atoms with Gasteiger partial charge in [0.2, 0.25) is 11.8 Å². The first-order chi connectivity index (χ1) is 10.1. The fourth-order valence-electron chi connectivity index (χ4n) is 3.11. The van der Waals surface area contributed by atoms with Crippen LogP contribution in [0.25, 0.3) is 6.08 Å². The number of fused-ring (bicyclic) bond motifs is 1. The summed E-state index contributed by atoms with van der Waals surface area (Å²) in [5, 5.41) is 3.05. The summed E-state index contributed by atoms with van der Waals surface area (Å²) in [6.07, 6.45) is 5.93. The van der Waals surface area contributed by atoms with E-state index in [1.165, 1.54) is 4.88 Å². The van der Waals surface area contributed by atoms with Gasteiger partial charge in [-0.2, -0.15) is 0 Å². The predicted molar refractivity (Wildman–Crippen MR) is 83.9 cm³/mol. The van der Waals surface area contributed by atoms with E-state index in [1.54, 1.807) is 17.4 Å². The van der Waals surface area contributed by atoms with E-state index in [1.807, 2.05) is 17.0 Å². The number of amides is 2. The number of carbonyl (C=O) groups excluding carboxylic acids is 2. The molecule has 2 aliphatic rings. The Morgan fingerprint density at radius 1 is 1.43 bits per heavy atom. The highest BCUT2D eigenvalue weighted by molar-refractivity contribution is 7.12. The summed E-state index contributed by atoms with van der Waals surface area (Å²) in [6, 6.07) is 4.36. The molecule has 0 saturated carbocycles. The Morgan fingerprint density at radius 3 is 3.05 bits per heavy atom. The lowest BCUT2D eigenvalue weighted by molar-refractivity contribution is -0.130. The zero-order valence-corrected chi connectivity index (χ0v) is 13.0. The molecular weight excluding hydrogens is 284 g/mol. The van der Waals surface area contributed by atoms with Crippen molar-refractivity contribution in [3.8, 4) is 0 Å². The first-order valence-corrected chi connectivity index (χ1v) is 8.26. The van der Waals surface area contributed by atoms with Gasteiger partial charge in [0.15, 0.2) is 0 Å². The zero-order valence-electron chi connectivity index (χ0n) is 12.2. The summed E-state index contributed by atoms with van der Waals surface area (Å²) in [5.41, 5.74) is 0. The maximum atomic E-state index is 12.3. The van der Waals surface area contributed by atoms with E-state index in [0.29, 0.717) is 12.3 Å². The molecule has 2 unspecified atom stereocenters. The molecule has 1 aromatic rings. The number of rotatable bonds is 2. The van der Waals surface area contributed by atoms with Crippen LogP contribution in [-0.4, -0.2) is 35.8 Å². The highest BCUT2D eigenvalue weighted by Crippen LogP contribution is 2.25. The van der Waals surface area contributed by atoms with Crippen LogP contribution in [-0.2, 0) is 9.59 Å². The Kier molecular flexibility index (Phi) is 4.10. The molecule has 2 saturated heterocycles. The molecule has 3 heterocycles. The fraction of sp³-hybridized carbons (Fsp3) is 0.500. The lowest BCUT2D eigenvalue weighted by atomic mass is 9.85. The van der Waals surface area contributed by atoms with Gasteiger partial charge in [0.1, 0.15) is 0 Å². The number of nitrogens with zero attached hydrogens (tertiary/aromatic N) is 1. The van der Waals surface area contributed by atoms with Crippen LogP contribution >= 0.6 is 11.3 Å². The molecule has 2 aliphatic heterocycles. The van der Waals surface area contributed by atoms with Gasteiger partial charge in [0, 0.05) is 41.4 Å². The second-order valence-corrected chi connectivity index (χ2v) is 7.15. The van der Waals surface area contributed by atoms with Crippen LogP contribution in [0.5, 0.6) is 0 Å². The third-order valence-corrected chi connectivity index (χ3v) is 5.25. The summed E-state index contributed by atoms with van der Waals surface area (Å²) in [6.45, 7) is 3.55. The predicted octanol–water partition coefficient (Wildman–Crippen LogP) is 2.20. The maximum Gasteiger partial charge on any atom is 0.246 e. The van der Waals surface area contributed by atoms with Gasteiger partial charge in [-0.3, -0.25) is 9.59 Å². The number of hydrogen-bond donors (Lipinski definition) is 1. The number of nitrogens with one attached hydrogen (secondary N) is 1. The van der Waals surface area contributed by atoms with Gasteiger partial charge >= 0.3 is 0 Å². The van der Waals surface area contributed by atoms with Gasteiger partial charge in [-0.25, -0.2) is 0 Å². The van der Waals surface area contributed by atoms with Crippen molar-refractivity contribution in [2.45, 2.75) is 32.2 Å². The highest BCUT2D eigenvalue weighted by Gasteiger charge is 2.34. The molecule has 4 nitrogen and oxygen atoms in total. The van der Waals surface area contributed by atoms with E-state index in [0.717, 1.165) is 30.8 Å². The number of likely N-dealkylation sites (tertiary alicyclic amines) is 1. The van der Waals surface area contributed by atoms with Gasteiger partial charge < -0.3 is 10.2 Å². The number of thiophene rings is 1. The van der Waals surface area contributed by atoms with Crippen molar-refractivity contribution in [1.29, 1.82) is 0 Å². The number of aryl methyl sites for hydroxylation is 1. The van der Waals surface area contributed by atoms with Crippen LogP contribution in [0.2, 0.25) is 0 Å². The van der Waals surface area contributed by atoms with Crippen molar-refractivity contribution >= 4 is 29.2 Å². The quantitative estimate of drug-likeness (QED) is 0.852. The van der Waals surface area contributed by atoms with Crippen LogP contribution in [0.1, 0.15) is 29.0 Å². The molecular formula is C16H20N2O2S. The topological polar surface area (TPSA) is 49.4 Å². The van der Waals surface area contributed by atoms with Crippen molar-refractivity contribution in [2.75, 3.05) is 13.1 Å². The van der Waals surface area contributed by atoms with E-state index < -0.39 is 0 Å². The Bertz CT molecular complexity index is 579. The second kappa shape index (κ2) is 6.02. The fourth-order valence-corrected chi connectivity index (χ4v) is 3.89. The Balaban J connectivity index is 1.59. The second-order valence-electron chi connectivity index (χ2n) is 5.83. The first kappa shape index (κ1) is 14.3. The smallest absolute Gasteiger partial charge is 0.246 e. The van der Waals surface area contributed by atoms with E-state index in [2.05, 4.69) is 18.3 Å². The lowest BCUT2D eigenvalue weighted by Crippen LogP contribution is -2.54. The van der Waals surface area contributed by atoms with Crippen molar-refractivity contribution in [3.05, 3.63) is 28.0 Å². The average molecular weight is 304 g/mol. The van der Waals surface area contributed by atoms with E-state index in [-0.39, 0.29) is 17.9 Å². The van der Waals surface area contributed by atoms with E-state index >= 15 is 0 Å². The lowest BCUT2D eigenvalue weighted by Gasteiger charge is -2.41. The normalized spacial score (nSPS) is 25.8. The molecule has 0 aliphatic carbocycles. The number of piperidine rings is 2. The average Bonchev–Trinajstić information content (AvgIpc) is 2.90. The largest absolute Gasteiger partial charge is 0.353 e. The first-order valence-electron chi connectivity index (χ1n) is 7.44.